The van der Waals surface area contributed by atoms with Crippen LogP contribution in [0.3, 0.4) is 0 Å². The topological polar surface area (TPSA) is 45.7 Å². The zero-order valence-electron chi connectivity index (χ0n) is 12.9. The summed E-state index contributed by atoms with van der Waals surface area (Å²) in [6.07, 6.45) is 9.08. The SMILES string of the molecule is C=CCNC(=NC)NCC1(OCCC)CCCCC1.I. The Morgan fingerprint density at radius 2 is 2.00 bits per heavy atom. The summed E-state index contributed by atoms with van der Waals surface area (Å²) in [5.41, 5.74) is 0.0000585. The van der Waals surface area contributed by atoms with Crippen LogP contribution in [-0.4, -0.2) is 38.3 Å². The molecule has 5 heteroatoms. The molecule has 0 saturated heterocycles. The largest absolute Gasteiger partial charge is 0.373 e. The number of nitrogens with one attached hydrogen (secondary N) is 2. The molecule has 1 aliphatic rings. The summed E-state index contributed by atoms with van der Waals surface area (Å²) in [5.74, 6) is 0.824. The molecular weight excluding hydrogens is 365 g/mol. The van der Waals surface area contributed by atoms with Gasteiger partial charge in [-0.05, 0) is 19.3 Å². The molecule has 2 N–H and O–H groups in total. The summed E-state index contributed by atoms with van der Waals surface area (Å²) in [4.78, 5) is 4.21. The van der Waals surface area contributed by atoms with Gasteiger partial charge >= 0.3 is 0 Å². The fraction of sp³-hybridized carbons (Fsp3) is 0.800. The summed E-state index contributed by atoms with van der Waals surface area (Å²) >= 11 is 0. The molecule has 0 amide bonds. The van der Waals surface area contributed by atoms with E-state index in [-0.39, 0.29) is 29.6 Å². The third-order valence-corrected chi connectivity index (χ3v) is 3.59. The summed E-state index contributed by atoms with van der Waals surface area (Å²) in [6.45, 7) is 8.27. The molecular formula is C15H30IN3O. The van der Waals surface area contributed by atoms with Gasteiger partial charge in [0.2, 0.25) is 0 Å². The van der Waals surface area contributed by atoms with Crippen LogP contribution in [0.15, 0.2) is 17.6 Å². The number of rotatable bonds is 7. The predicted molar refractivity (Wildman–Crippen MR) is 97.0 cm³/mol. The van der Waals surface area contributed by atoms with E-state index in [0.29, 0.717) is 0 Å². The summed E-state index contributed by atoms with van der Waals surface area (Å²) in [7, 11) is 1.79. The van der Waals surface area contributed by atoms with Crippen molar-refractivity contribution in [3.63, 3.8) is 0 Å². The second kappa shape index (κ2) is 11.4. The fourth-order valence-corrected chi connectivity index (χ4v) is 2.52. The monoisotopic (exact) mass is 395 g/mol. The number of aliphatic imine (C=N–C) groups is 1. The zero-order chi connectivity index (χ0) is 14.0. The minimum absolute atomic E-state index is 0. The van der Waals surface area contributed by atoms with Crippen molar-refractivity contribution in [3.8, 4) is 0 Å². The zero-order valence-corrected chi connectivity index (χ0v) is 15.2. The molecule has 0 heterocycles. The van der Waals surface area contributed by atoms with E-state index in [2.05, 4.69) is 29.1 Å². The van der Waals surface area contributed by atoms with Gasteiger partial charge in [0.15, 0.2) is 5.96 Å². The summed E-state index contributed by atoms with van der Waals surface area (Å²) < 4.78 is 6.15. The van der Waals surface area contributed by atoms with E-state index >= 15 is 0 Å². The van der Waals surface area contributed by atoms with Crippen LogP contribution in [0, 0.1) is 0 Å². The highest BCUT2D eigenvalue weighted by Gasteiger charge is 2.32. The Morgan fingerprint density at radius 1 is 1.30 bits per heavy atom. The van der Waals surface area contributed by atoms with Crippen molar-refractivity contribution >= 4 is 29.9 Å². The van der Waals surface area contributed by atoms with Gasteiger partial charge < -0.3 is 15.4 Å². The molecule has 1 aliphatic carbocycles. The first-order valence-corrected chi connectivity index (χ1v) is 7.45. The van der Waals surface area contributed by atoms with Crippen molar-refractivity contribution < 1.29 is 4.74 Å². The first-order valence-electron chi connectivity index (χ1n) is 7.45. The Labute approximate surface area is 140 Å². The first-order chi connectivity index (χ1) is 9.26. The fourth-order valence-electron chi connectivity index (χ4n) is 2.52. The van der Waals surface area contributed by atoms with Gasteiger partial charge in [0.1, 0.15) is 0 Å². The Hall–Kier alpha value is -0.300. The minimum atomic E-state index is 0. The van der Waals surface area contributed by atoms with E-state index in [4.69, 9.17) is 4.74 Å². The van der Waals surface area contributed by atoms with Gasteiger partial charge in [0, 0.05) is 26.7 Å². The smallest absolute Gasteiger partial charge is 0.191 e. The van der Waals surface area contributed by atoms with Crippen molar-refractivity contribution in [2.24, 2.45) is 4.99 Å². The Morgan fingerprint density at radius 3 is 2.55 bits per heavy atom. The maximum atomic E-state index is 6.15. The second-order valence-corrected chi connectivity index (χ2v) is 5.19. The molecule has 0 aliphatic heterocycles. The lowest BCUT2D eigenvalue weighted by atomic mass is 9.84. The summed E-state index contributed by atoms with van der Waals surface area (Å²) in [5, 5.41) is 6.59. The van der Waals surface area contributed by atoms with E-state index < -0.39 is 0 Å². The van der Waals surface area contributed by atoms with Gasteiger partial charge in [-0.2, -0.15) is 0 Å². The lowest BCUT2D eigenvalue weighted by Gasteiger charge is -2.37. The lowest BCUT2D eigenvalue weighted by molar-refractivity contribution is -0.0657. The number of halogens is 1. The second-order valence-electron chi connectivity index (χ2n) is 5.19. The number of ether oxygens (including phenoxy) is 1. The van der Waals surface area contributed by atoms with E-state index in [9.17, 15) is 0 Å². The molecule has 1 saturated carbocycles. The molecule has 0 aromatic carbocycles. The normalized spacial score (nSPS) is 18.0. The van der Waals surface area contributed by atoms with Gasteiger partial charge in [-0.15, -0.1) is 30.6 Å². The number of hydrogen-bond acceptors (Lipinski definition) is 2. The van der Waals surface area contributed by atoms with Gasteiger partial charge in [0.05, 0.1) is 5.60 Å². The van der Waals surface area contributed by atoms with Crippen LogP contribution in [0.2, 0.25) is 0 Å². The maximum Gasteiger partial charge on any atom is 0.191 e. The van der Waals surface area contributed by atoms with Crippen molar-refractivity contribution in [3.05, 3.63) is 12.7 Å². The molecule has 0 radical (unpaired) electrons. The van der Waals surface area contributed by atoms with Gasteiger partial charge in [-0.1, -0.05) is 32.3 Å². The quantitative estimate of drug-likeness (QED) is 0.302. The molecule has 1 rings (SSSR count). The number of hydrogen-bond donors (Lipinski definition) is 2. The predicted octanol–water partition coefficient (Wildman–Crippen LogP) is 3.08. The van der Waals surface area contributed by atoms with Crippen molar-refractivity contribution in [2.75, 3.05) is 26.7 Å². The number of guanidine groups is 1. The molecule has 0 aromatic rings. The van der Waals surface area contributed by atoms with Gasteiger partial charge in [-0.25, -0.2) is 0 Å². The van der Waals surface area contributed by atoms with Crippen molar-refractivity contribution in [1.29, 1.82) is 0 Å². The Kier molecular flexibility index (Phi) is 11.2. The molecule has 0 atom stereocenters. The average Bonchev–Trinajstić information content (AvgIpc) is 2.46. The first kappa shape index (κ1) is 19.7. The van der Waals surface area contributed by atoms with Crippen LogP contribution >= 0.6 is 24.0 Å². The van der Waals surface area contributed by atoms with E-state index in [0.717, 1.165) is 44.9 Å². The van der Waals surface area contributed by atoms with E-state index in [1.165, 1.54) is 19.3 Å². The maximum absolute atomic E-state index is 6.15. The molecule has 1 fully saturated rings. The van der Waals surface area contributed by atoms with Crippen molar-refractivity contribution in [2.45, 2.75) is 51.0 Å². The van der Waals surface area contributed by atoms with Crippen LogP contribution in [0.4, 0.5) is 0 Å². The van der Waals surface area contributed by atoms with Crippen LogP contribution in [-0.2, 0) is 4.74 Å². The average molecular weight is 395 g/mol. The van der Waals surface area contributed by atoms with Crippen LogP contribution in [0.25, 0.3) is 0 Å². The highest BCUT2D eigenvalue weighted by atomic mass is 127. The molecule has 20 heavy (non-hydrogen) atoms. The third-order valence-electron chi connectivity index (χ3n) is 3.59. The molecule has 0 bridgehead atoms. The van der Waals surface area contributed by atoms with Crippen LogP contribution in [0.1, 0.15) is 45.4 Å². The summed E-state index contributed by atoms with van der Waals surface area (Å²) in [6, 6.07) is 0. The highest BCUT2D eigenvalue weighted by molar-refractivity contribution is 14.0. The third kappa shape index (κ3) is 6.92. The standard InChI is InChI=1S/C15H29N3O.HI/c1-4-11-17-14(16-3)18-13-15(19-12-5-2)9-7-6-8-10-15;/h4H,1,5-13H2,2-3H3,(H2,16,17,18);1H. The lowest BCUT2D eigenvalue weighted by Crippen LogP contribution is -2.49. The minimum Gasteiger partial charge on any atom is -0.373 e. The highest BCUT2D eigenvalue weighted by Crippen LogP contribution is 2.31. The van der Waals surface area contributed by atoms with E-state index in [1.54, 1.807) is 7.05 Å². The number of nitrogens with zero attached hydrogens (tertiary/aromatic N) is 1. The van der Waals surface area contributed by atoms with Crippen LogP contribution < -0.4 is 10.6 Å². The molecule has 118 valence electrons. The molecule has 0 unspecified atom stereocenters. The molecule has 0 aromatic heterocycles. The van der Waals surface area contributed by atoms with Crippen LogP contribution in [0.5, 0.6) is 0 Å². The van der Waals surface area contributed by atoms with Crippen molar-refractivity contribution in [1.82, 2.24) is 10.6 Å². The van der Waals surface area contributed by atoms with Gasteiger partial charge in [0.25, 0.3) is 0 Å². The van der Waals surface area contributed by atoms with E-state index in [1.807, 2.05) is 6.08 Å². The van der Waals surface area contributed by atoms with Gasteiger partial charge in [-0.3, -0.25) is 4.99 Å². The molecule has 4 nitrogen and oxygen atoms in total. The molecule has 0 spiro atoms. The Balaban J connectivity index is 0.00000361. The Bertz CT molecular complexity index is 289.